The number of amides is 1. The van der Waals surface area contributed by atoms with Gasteiger partial charge in [0.1, 0.15) is 5.75 Å². The summed E-state index contributed by atoms with van der Waals surface area (Å²) in [6, 6.07) is 6.13. The highest BCUT2D eigenvalue weighted by molar-refractivity contribution is 5.85. The molecule has 0 aliphatic carbocycles. The van der Waals surface area contributed by atoms with E-state index in [1.807, 2.05) is 32.0 Å². The van der Waals surface area contributed by atoms with Gasteiger partial charge in [0.05, 0.1) is 0 Å². The predicted octanol–water partition coefficient (Wildman–Crippen LogP) is 2.60. The molecule has 0 fully saturated rings. The molecule has 21 heavy (non-hydrogen) atoms. The minimum atomic E-state index is -0.0805. The summed E-state index contributed by atoms with van der Waals surface area (Å²) in [5.41, 5.74) is 2.27. The van der Waals surface area contributed by atoms with Crippen molar-refractivity contribution in [1.29, 1.82) is 0 Å². The molecule has 120 valence electrons. The van der Waals surface area contributed by atoms with Gasteiger partial charge in [-0.3, -0.25) is 4.79 Å². The van der Waals surface area contributed by atoms with E-state index < -0.39 is 0 Å². The highest BCUT2D eigenvalue weighted by atomic mass is 35.5. The van der Waals surface area contributed by atoms with E-state index in [1.165, 1.54) is 0 Å². The molecule has 0 aromatic heterocycles. The topological polar surface area (TPSA) is 41.6 Å². The average molecular weight is 315 g/mol. The Hall–Kier alpha value is -1.26. The third-order valence-electron chi connectivity index (χ3n) is 3.03. The third kappa shape index (κ3) is 7.34. The molecule has 0 radical (unpaired) electrons. The van der Waals surface area contributed by atoms with Crippen LogP contribution < -0.4 is 10.1 Å². The number of likely N-dealkylation sites (N-methyl/N-ethyl adjacent to an activating group) is 1. The van der Waals surface area contributed by atoms with E-state index in [0.29, 0.717) is 12.5 Å². The molecule has 1 N–H and O–H groups in total. The smallest absolute Gasteiger partial charge is 0.257 e. The molecule has 1 amide bonds. The Morgan fingerprint density at radius 2 is 2.00 bits per heavy atom. The molecule has 0 heterocycles. The Labute approximate surface area is 134 Å². The van der Waals surface area contributed by atoms with Gasteiger partial charge in [0.25, 0.3) is 5.91 Å². The van der Waals surface area contributed by atoms with Crippen LogP contribution in [-0.2, 0) is 4.79 Å². The second kappa shape index (κ2) is 9.64. The van der Waals surface area contributed by atoms with Crippen LogP contribution in [0.25, 0.3) is 0 Å². The van der Waals surface area contributed by atoms with Gasteiger partial charge in [0, 0.05) is 13.1 Å². The molecule has 4 nitrogen and oxygen atoms in total. The Balaban J connectivity index is 0.00000400. The first kappa shape index (κ1) is 19.7. The number of carbonyl (C=O) groups excluding carboxylic acids is 1. The molecule has 0 saturated heterocycles. The van der Waals surface area contributed by atoms with E-state index in [2.05, 4.69) is 31.3 Å². The van der Waals surface area contributed by atoms with Crippen LogP contribution in [0, 0.1) is 6.92 Å². The van der Waals surface area contributed by atoms with Crippen molar-refractivity contribution in [3.8, 4) is 5.75 Å². The first-order chi connectivity index (χ1) is 9.40. The maximum Gasteiger partial charge on any atom is 0.257 e. The number of benzene rings is 1. The third-order valence-corrected chi connectivity index (χ3v) is 3.03. The van der Waals surface area contributed by atoms with Gasteiger partial charge >= 0.3 is 0 Å². The van der Waals surface area contributed by atoms with E-state index in [-0.39, 0.29) is 24.9 Å². The molecule has 0 aliphatic rings. The monoisotopic (exact) mass is 314 g/mol. The van der Waals surface area contributed by atoms with Crippen LogP contribution >= 0.6 is 12.4 Å². The maximum absolute atomic E-state index is 11.7. The quantitative estimate of drug-likeness (QED) is 0.841. The van der Waals surface area contributed by atoms with Gasteiger partial charge in [0.15, 0.2) is 6.61 Å². The molecule has 0 aliphatic heterocycles. The number of hydrogen-bond acceptors (Lipinski definition) is 3. The molecule has 0 spiro atoms. The van der Waals surface area contributed by atoms with E-state index in [1.54, 1.807) is 0 Å². The normalized spacial score (nSPS) is 10.4. The number of hydrogen-bond donors (Lipinski definition) is 1. The van der Waals surface area contributed by atoms with Gasteiger partial charge in [-0.2, -0.15) is 0 Å². The van der Waals surface area contributed by atoms with Crippen molar-refractivity contribution in [3.05, 3.63) is 29.3 Å². The van der Waals surface area contributed by atoms with Crippen LogP contribution in [0.15, 0.2) is 18.2 Å². The fourth-order valence-corrected chi connectivity index (χ4v) is 1.86. The predicted molar refractivity (Wildman–Crippen MR) is 89.6 cm³/mol. The zero-order chi connectivity index (χ0) is 15.1. The first-order valence-electron chi connectivity index (χ1n) is 7.05. The lowest BCUT2D eigenvalue weighted by molar-refractivity contribution is -0.123. The zero-order valence-electron chi connectivity index (χ0n) is 13.6. The summed E-state index contributed by atoms with van der Waals surface area (Å²) in [4.78, 5) is 13.7. The number of nitrogens with zero attached hydrogens (tertiary/aromatic N) is 1. The lowest BCUT2D eigenvalue weighted by Gasteiger charge is -2.15. The van der Waals surface area contributed by atoms with Crippen LogP contribution in [0.3, 0.4) is 0 Å². The standard InChI is InChI=1S/C16H26N2O2.ClH/c1-12(2)14-7-6-13(3)10-15(14)20-11-16(19)17-8-9-18(4)5;/h6-7,10,12H,8-9,11H2,1-5H3,(H,17,19);1H. The summed E-state index contributed by atoms with van der Waals surface area (Å²) in [5.74, 6) is 1.10. The second-order valence-electron chi connectivity index (χ2n) is 5.64. The number of halogens is 1. The fourth-order valence-electron chi connectivity index (χ4n) is 1.86. The average Bonchev–Trinajstić information content (AvgIpc) is 2.35. The van der Waals surface area contributed by atoms with Gasteiger partial charge < -0.3 is 15.0 Å². The number of aryl methyl sites for hydroxylation is 1. The Kier molecular flexibility index (Phi) is 9.06. The molecular formula is C16H27ClN2O2. The van der Waals surface area contributed by atoms with Crippen LogP contribution in [0.4, 0.5) is 0 Å². The van der Waals surface area contributed by atoms with Crippen molar-refractivity contribution >= 4 is 18.3 Å². The molecule has 1 aromatic rings. The molecular weight excluding hydrogens is 288 g/mol. The Morgan fingerprint density at radius 1 is 1.33 bits per heavy atom. The van der Waals surface area contributed by atoms with Gasteiger partial charge in [-0.1, -0.05) is 26.0 Å². The van der Waals surface area contributed by atoms with Crippen LogP contribution in [0.1, 0.15) is 30.9 Å². The summed E-state index contributed by atoms with van der Waals surface area (Å²) < 4.78 is 5.67. The van der Waals surface area contributed by atoms with E-state index in [9.17, 15) is 4.79 Å². The minimum Gasteiger partial charge on any atom is -0.483 e. The summed E-state index contributed by atoms with van der Waals surface area (Å²) in [7, 11) is 3.95. The van der Waals surface area contributed by atoms with E-state index in [4.69, 9.17) is 4.74 Å². The highest BCUT2D eigenvalue weighted by Gasteiger charge is 2.10. The van der Waals surface area contributed by atoms with Crippen molar-refractivity contribution < 1.29 is 9.53 Å². The van der Waals surface area contributed by atoms with Crippen LogP contribution in [0.5, 0.6) is 5.75 Å². The maximum atomic E-state index is 11.7. The molecule has 0 bridgehead atoms. The fraction of sp³-hybridized carbons (Fsp3) is 0.562. The van der Waals surface area contributed by atoms with Crippen molar-refractivity contribution in [2.24, 2.45) is 0 Å². The van der Waals surface area contributed by atoms with E-state index in [0.717, 1.165) is 23.4 Å². The SMILES string of the molecule is Cc1ccc(C(C)C)c(OCC(=O)NCCN(C)C)c1.Cl. The summed E-state index contributed by atoms with van der Waals surface area (Å²) >= 11 is 0. The lowest BCUT2D eigenvalue weighted by atomic mass is 10.0. The van der Waals surface area contributed by atoms with E-state index >= 15 is 0 Å². The van der Waals surface area contributed by atoms with Gasteiger partial charge in [-0.25, -0.2) is 0 Å². The molecule has 1 rings (SSSR count). The number of ether oxygens (including phenoxy) is 1. The molecule has 0 saturated carbocycles. The number of nitrogens with one attached hydrogen (secondary N) is 1. The summed E-state index contributed by atoms with van der Waals surface area (Å²) in [5, 5.41) is 2.84. The first-order valence-corrected chi connectivity index (χ1v) is 7.05. The van der Waals surface area contributed by atoms with Crippen LogP contribution in [-0.4, -0.2) is 44.6 Å². The van der Waals surface area contributed by atoms with Gasteiger partial charge in [0.2, 0.25) is 0 Å². The Bertz CT molecular complexity index is 448. The highest BCUT2D eigenvalue weighted by Crippen LogP contribution is 2.27. The summed E-state index contributed by atoms with van der Waals surface area (Å²) in [6.07, 6.45) is 0. The van der Waals surface area contributed by atoms with Crippen molar-refractivity contribution in [3.63, 3.8) is 0 Å². The zero-order valence-corrected chi connectivity index (χ0v) is 14.4. The van der Waals surface area contributed by atoms with Crippen molar-refractivity contribution in [1.82, 2.24) is 10.2 Å². The second-order valence-corrected chi connectivity index (χ2v) is 5.64. The van der Waals surface area contributed by atoms with Crippen molar-refractivity contribution in [2.45, 2.75) is 26.7 Å². The largest absolute Gasteiger partial charge is 0.483 e. The minimum absolute atomic E-state index is 0. The number of rotatable bonds is 7. The van der Waals surface area contributed by atoms with Crippen LogP contribution in [0.2, 0.25) is 0 Å². The van der Waals surface area contributed by atoms with Gasteiger partial charge in [-0.15, -0.1) is 12.4 Å². The van der Waals surface area contributed by atoms with Crippen molar-refractivity contribution in [2.75, 3.05) is 33.8 Å². The molecule has 5 heteroatoms. The molecule has 1 aromatic carbocycles. The number of carbonyl (C=O) groups is 1. The Morgan fingerprint density at radius 3 is 2.57 bits per heavy atom. The molecule has 0 atom stereocenters. The molecule has 0 unspecified atom stereocenters. The van der Waals surface area contributed by atoms with Gasteiger partial charge in [-0.05, 0) is 44.1 Å². The lowest BCUT2D eigenvalue weighted by Crippen LogP contribution is -2.34. The summed E-state index contributed by atoms with van der Waals surface area (Å²) in [6.45, 7) is 7.79.